The minimum absolute atomic E-state index is 0.0254. The Morgan fingerprint density at radius 3 is 2.87 bits per heavy atom. The zero-order valence-corrected chi connectivity index (χ0v) is 14.2. The van der Waals surface area contributed by atoms with E-state index in [2.05, 4.69) is 22.1 Å². The Kier molecular flexibility index (Phi) is 5.33. The molecule has 23 heavy (non-hydrogen) atoms. The third-order valence-electron chi connectivity index (χ3n) is 5.08. The SMILES string of the molecule is CC1CCN(CC(=O)NC2CCOC(c3cncn3C)C2)CC1. The highest BCUT2D eigenvalue weighted by atomic mass is 16.5. The van der Waals surface area contributed by atoms with Crippen LogP contribution < -0.4 is 5.32 Å². The van der Waals surface area contributed by atoms with Gasteiger partial charge in [0.05, 0.1) is 24.8 Å². The molecule has 1 aromatic rings. The number of carbonyl (C=O) groups excluding carboxylic acids is 1. The van der Waals surface area contributed by atoms with Gasteiger partial charge in [-0.3, -0.25) is 9.69 Å². The maximum Gasteiger partial charge on any atom is 0.234 e. The van der Waals surface area contributed by atoms with E-state index in [4.69, 9.17) is 4.74 Å². The third-order valence-corrected chi connectivity index (χ3v) is 5.08. The number of piperidine rings is 1. The topological polar surface area (TPSA) is 59.4 Å². The monoisotopic (exact) mass is 320 g/mol. The third kappa shape index (κ3) is 4.32. The first-order valence-electron chi connectivity index (χ1n) is 8.71. The molecule has 0 saturated carbocycles. The summed E-state index contributed by atoms with van der Waals surface area (Å²) in [6.45, 7) is 5.58. The molecule has 128 valence electrons. The Labute approximate surface area is 138 Å². The summed E-state index contributed by atoms with van der Waals surface area (Å²) in [6, 6.07) is 0.194. The second kappa shape index (κ2) is 7.45. The van der Waals surface area contributed by atoms with Gasteiger partial charge in [-0.1, -0.05) is 6.92 Å². The quantitative estimate of drug-likeness (QED) is 0.913. The van der Waals surface area contributed by atoms with Gasteiger partial charge in [-0.25, -0.2) is 4.98 Å². The van der Waals surface area contributed by atoms with Crippen molar-refractivity contribution in [1.82, 2.24) is 19.8 Å². The van der Waals surface area contributed by atoms with Gasteiger partial charge in [0.15, 0.2) is 0 Å². The van der Waals surface area contributed by atoms with Crippen LogP contribution in [0.25, 0.3) is 0 Å². The van der Waals surface area contributed by atoms with Gasteiger partial charge in [-0.05, 0) is 44.7 Å². The average molecular weight is 320 g/mol. The van der Waals surface area contributed by atoms with Crippen LogP contribution in [0.5, 0.6) is 0 Å². The number of nitrogens with zero attached hydrogens (tertiary/aromatic N) is 3. The van der Waals surface area contributed by atoms with Gasteiger partial charge >= 0.3 is 0 Å². The van der Waals surface area contributed by atoms with Crippen molar-refractivity contribution in [2.45, 2.75) is 44.8 Å². The molecule has 2 aliphatic rings. The fraction of sp³-hybridized carbons (Fsp3) is 0.765. The van der Waals surface area contributed by atoms with E-state index in [1.54, 1.807) is 6.33 Å². The molecule has 2 aliphatic heterocycles. The van der Waals surface area contributed by atoms with E-state index in [-0.39, 0.29) is 18.1 Å². The summed E-state index contributed by atoms with van der Waals surface area (Å²) in [5.41, 5.74) is 1.08. The van der Waals surface area contributed by atoms with Crippen LogP contribution in [0, 0.1) is 5.92 Å². The summed E-state index contributed by atoms with van der Waals surface area (Å²) in [6.07, 6.45) is 7.78. The Morgan fingerprint density at radius 2 is 2.17 bits per heavy atom. The molecule has 3 heterocycles. The number of hydrogen-bond donors (Lipinski definition) is 1. The van der Waals surface area contributed by atoms with Crippen LogP contribution in [0.3, 0.4) is 0 Å². The minimum atomic E-state index is 0.0254. The van der Waals surface area contributed by atoms with E-state index in [0.717, 1.165) is 37.5 Å². The molecule has 6 heteroatoms. The molecular weight excluding hydrogens is 292 g/mol. The molecule has 0 spiro atoms. The first-order valence-corrected chi connectivity index (χ1v) is 8.71. The molecule has 2 saturated heterocycles. The molecule has 3 rings (SSSR count). The van der Waals surface area contributed by atoms with Crippen LogP contribution in [0.15, 0.2) is 12.5 Å². The summed E-state index contributed by atoms with van der Waals surface area (Å²) in [4.78, 5) is 18.7. The highest BCUT2D eigenvalue weighted by Crippen LogP contribution is 2.27. The van der Waals surface area contributed by atoms with Gasteiger partial charge < -0.3 is 14.6 Å². The Bertz CT molecular complexity index is 522. The molecule has 0 radical (unpaired) electrons. The van der Waals surface area contributed by atoms with Crippen molar-refractivity contribution < 1.29 is 9.53 Å². The number of carbonyl (C=O) groups is 1. The highest BCUT2D eigenvalue weighted by molar-refractivity contribution is 5.78. The summed E-state index contributed by atoms with van der Waals surface area (Å²) in [7, 11) is 1.98. The minimum Gasteiger partial charge on any atom is -0.372 e. The Morgan fingerprint density at radius 1 is 1.39 bits per heavy atom. The standard InChI is InChI=1S/C17H28N4O2/c1-13-3-6-21(7-4-13)11-17(22)19-14-5-8-23-16(9-14)15-10-18-12-20(15)2/h10,12-14,16H,3-9,11H2,1-2H3,(H,19,22). The Hall–Kier alpha value is -1.40. The lowest BCUT2D eigenvalue weighted by Gasteiger charge is -2.32. The zero-order chi connectivity index (χ0) is 16.2. The van der Waals surface area contributed by atoms with Crippen molar-refractivity contribution in [1.29, 1.82) is 0 Å². The van der Waals surface area contributed by atoms with Crippen molar-refractivity contribution in [3.63, 3.8) is 0 Å². The van der Waals surface area contributed by atoms with Crippen LogP contribution >= 0.6 is 0 Å². The molecule has 1 aromatic heterocycles. The maximum atomic E-state index is 12.3. The molecule has 6 nitrogen and oxygen atoms in total. The number of aromatic nitrogens is 2. The van der Waals surface area contributed by atoms with E-state index in [1.807, 2.05) is 17.8 Å². The smallest absolute Gasteiger partial charge is 0.234 e. The van der Waals surface area contributed by atoms with Crippen molar-refractivity contribution in [2.75, 3.05) is 26.2 Å². The van der Waals surface area contributed by atoms with Gasteiger partial charge in [-0.2, -0.15) is 0 Å². The fourth-order valence-electron chi connectivity index (χ4n) is 3.51. The van der Waals surface area contributed by atoms with Crippen LogP contribution in [-0.2, 0) is 16.6 Å². The molecule has 0 bridgehead atoms. The van der Waals surface area contributed by atoms with Crippen molar-refractivity contribution in [3.05, 3.63) is 18.2 Å². The van der Waals surface area contributed by atoms with E-state index >= 15 is 0 Å². The number of likely N-dealkylation sites (tertiary alicyclic amines) is 1. The molecule has 1 N–H and O–H groups in total. The normalized spacial score (nSPS) is 27.0. The van der Waals surface area contributed by atoms with Crippen LogP contribution in [0.2, 0.25) is 0 Å². The van der Waals surface area contributed by atoms with Gasteiger partial charge in [0.25, 0.3) is 0 Å². The number of rotatable bonds is 4. The maximum absolute atomic E-state index is 12.3. The number of nitrogens with one attached hydrogen (secondary N) is 1. The lowest BCUT2D eigenvalue weighted by molar-refractivity contribution is -0.124. The first-order chi connectivity index (χ1) is 11.1. The van der Waals surface area contributed by atoms with Gasteiger partial charge in [0.1, 0.15) is 6.10 Å². The molecular formula is C17H28N4O2. The molecule has 0 aliphatic carbocycles. The lowest BCUT2D eigenvalue weighted by Crippen LogP contribution is -2.46. The van der Waals surface area contributed by atoms with Gasteiger partial charge in [-0.15, -0.1) is 0 Å². The zero-order valence-electron chi connectivity index (χ0n) is 14.2. The lowest BCUT2D eigenvalue weighted by atomic mass is 9.99. The van der Waals surface area contributed by atoms with E-state index in [9.17, 15) is 4.79 Å². The Balaban J connectivity index is 1.47. The molecule has 1 amide bonds. The molecule has 2 atom stereocenters. The van der Waals surface area contributed by atoms with E-state index in [0.29, 0.717) is 13.2 Å². The number of aryl methyl sites for hydroxylation is 1. The van der Waals surface area contributed by atoms with Crippen molar-refractivity contribution in [2.24, 2.45) is 13.0 Å². The predicted molar refractivity (Wildman–Crippen MR) is 87.9 cm³/mol. The second-order valence-electron chi connectivity index (χ2n) is 7.04. The van der Waals surface area contributed by atoms with Crippen molar-refractivity contribution in [3.8, 4) is 0 Å². The van der Waals surface area contributed by atoms with Crippen LogP contribution in [0.1, 0.15) is 44.4 Å². The molecule has 2 unspecified atom stereocenters. The van der Waals surface area contributed by atoms with E-state index in [1.165, 1.54) is 12.8 Å². The number of amides is 1. The van der Waals surface area contributed by atoms with Crippen molar-refractivity contribution >= 4 is 5.91 Å². The average Bonchev–Trinajstić information content (AvgIpc) is 2.96. The summed E-state index contributed by atoms with van der Waals surface area (Å²) in [5, 5.41) is 3.20. The molecule has 2 fully saturated rings. The van der Waals surface area contributed by atoms with E-state index < -0.39 is 0 Å². The largest absolute Gasteiger partial charge is 0.372 e. The fourth-order valence-corrected chi connectivity index (χ4v) is 3.51. The second-order valence-corrected chi connectivity index (χ2v) is 7.04. The number of ether oxygens (including phenoxy) is 1. The number of imidazole rings is 1. The summed E-state index contributed by atoms with van der Waals surface area (Å²) < 4.78 is 7.84. The van der Waals surface area contributed by atoms with Gasteiger partial charge in [0.2, 0.25) is 5.91 Å². The summed E-state index contributed by atoms with van der Waals surface area (Å²) >= 11 is 0. The van der Waals surface area contributed by atoms with Crippen LogP contribution in [0.4, 0.5) is 0 Å². The van der Waals surface area contributed by atoms with Gasteiger partial charge in [0, 0.05) is 19.7 Å². The molecule has 0 aromatic carbocycles. The predicted octanol–water partition coefficient (Wildman–Crippen LogP) is 1.49. The summed E-state index contributed by atoms with van der Waals surface area (Å²) in [5.74, 6) is 0.944. The first kappa shape index (κ1) is 16.5. The highest BCUT2D eigenvalue weighted by Gasteiger charge is 2.27. The number of hydrogen-bond acceptors (Lipinski definition) is 4. The van der Waals surface area contributed by atoms with Crippen LogP contribution in [-0.4, -0.2) is 52.6 Å².